The van der Waals surface area contributed by atoms with Crippen LogP contribution in [0.4, 0.5) is 13.2 Å². The molecule has 0 spiro atoms. The highest BCUT2D eigenvalue weighted by Gasteiger charge is 2.30. The molecule has 0 aliphatic heterocycles. The number of carbonyl (C=O) groups is 1. The molecule has 29 heavy (non-hydrogen) atoms. The van der Waals surface area contributed by atoms with E-state index >= 15 is 0 Å². The summed E-state index contributed by atoms with van der Waals surface area (Å²) in [5.74, 6) is -0.216. The number of halogens is 3. The highest BCUT2D eigenvalue weighted by molar-refractivity contribution is 5.90. The SMILES string of the molecule is Cc1ccnc2nc(C(=O)N(CCN(C)C)Cc3cccc(C(F)(F)F)c3)nn12. The predicted molar refractivity (Wildman–Crippen MR) is 100 cm³/mol. The lowest BCUT2D eigenvalue weighted by atomic mass is 10.1. The quantitative estimate of drug-likeness (QED) is 0.630. The normalized spacial score (nSPS) is 12.0. The second kappa shape index (κ2) is 8.16. The van der Waals surface area contributed by atoms with Crippen molar-refractivity contribution in [3.63, 3.8) is 0 Å². The van der Waals surface area contributed by atoms with Crippen LogP contribution in [0, 0.1) is 6.92 Å². The summed E-state index contributed by atoms with van der Waals surface area (Å²) in [4.78, 5) is 24.6. The maximum atomic E-state index is 13.0. The number of likely N-dealkylation sites (N-methyl/N-ethyl adjacent to an activating group) is 1. The molecule has 1 amide bonds. The lowest BCUT2D eigenvalue weighted by molar-refractivity contribution is -0.137. The molecule has 0 bridgehead atoms. The summed E-state index contributed by atoms with van der Waals surface area (Å²) >= 11 is 0. The van der Waals surface area contributed by atoms with E-state index in [0.29, 0.717) is 24.4 Å². The molecule has 154 valence electrons. The maximum absolute atomic E-state index is 13.0. The van der Waals surface area contributed by atoms with Gasteiger partial charge >= 0.3 is 6.18 Å². The van der Waals surface area contributed by atoms with Gasteiger partial charge in [0, 0.05) is 31.5 Å². The van der Waals surface area contributed by atoms with Gasteiger partial charge in [-0.05, 0) is 44.8 Å². The van der Waals surface area contributed by atoms with Crippen molar-refractivity contribution in [2.45, 2.75) is 19.6 Å². The van der Waals surface area contributed by atoms with Crippen LogP contribution in [0.25, 0.3) is 5.78 Å². The second-order valence-electron chi connectivity index (χ2n) is 6.96. The molecule has 1 aromatic carbocycles. The molecule has 0 aliphatic carbocycles. The summed E-state index contributed by atoms with van der Waals surface area (Å²) in [7, 11) is 3.70. The zero-order valence-corrected chi connectivity index (χ0v) is 16.3. The van der Waals surface area contributed by atoms with Crippen molar-refractivity contribution in [2.24, 2.45) is 0 Å². The van der Waals surface area contributed by atoms with Crippen molar-refractivity contribution >= 4 is 11.7 Å². The Morgan fingerprint density at radius 3 is 2.59 bits per heavy atom. The Bertz CT molecular complexity index is 1010. The average Bonchev–Trinajstić information content (AvgIpc) is 3.10. The van der Waals surface area contributed by atoms with Gasteiger partial charge in [0.2, 0.25) is 5.82 Å². The van der Waals surface area contributed by atoms with Crippen LogP contribution in [-0.2, 0) is 12.7 Å². The molecule has 0 unspecified atom stereocenters. The lowest BCUT2D eigenvalue weighted by Crippen LogP contribution is -2.37. The van der Waals surface area contributed by atoms with Crippen molar-refractivity contribution in [3.8, 4) is 0 Å². The molecule has 0 atom stereocenters. The first kappa shape index (κ1) is 20.7. The molecule has 0 fully saturated rings. The van der Waals surface area contributed by atoms with Gasteiger partial charge in [-0.1, -0.05) is 12.1 Å². The monoisotopic (exact) mass is 406 g/mol. The fourth-order valence-electron chi connectivity index (χ4n) is 2.78. The topological polar surface area (TPSA) is 66.6 Å². The van der Waals surface area contributed by atoms with Crippen LogP contribution in [-0.4, -0.2) is 62.5 Å². The number of carbonyl (C=O) groups excluding carboxylic acids is 1. The molecule has 0 aliphatic rings. The van der Waals surface area contributed by atoms with Gasteiger partial charge in [0.25, 0.3) is 11.7 Å². The van der Waals surface area contributed by atoms with Crippen molar-refractivity contribution in [2.75, 3.05) is 27.2 Å². The average molecular weight is 406 g/mol. The zero-order valence-electron chi connectivity index (χ0n) is 16.3. The van der Waals surface area contributed by atoms with Gasteiger partial charge < -0.3 is 9.80 Å². The third kappa shape index (κ3) is 4.89. The van der Waals surface area contributed by atoms with E-state index in [1.807, 2.05) is 25.9 Å². The van der Waals surface area contributed by atoms with Gasteiger partial charge in [0.05, 0.1) is 5.56 Å². The Hall–Kier alpha value is -3.01. The smallest absolute Gasteiger partial charge is 0.330 e. The third-order valence-electron chi connectivity index (χ3n) is 4.35. The highest BCUT2D eigenvalue weighted by atomic mass is 19.4. The standard InChI is InChI=1S/C19H21F3N6O/c1-13-7-8-23-18-24-16(25-28(13)18)17(29)27(10-9-26(2)3)12-14-5-4-6-15(11-14)19(20,21)22/h4-8,11H,9-10,12H2,1-3H3. The van der Waals surface area contributed by atoms with Gasteiger partial charge in [-0.2, -0.15) is 18.2 Å². The van der Waals surface area contributed by atoms with Crippen molar-refractivity contribution in [1.29, 1.82) is 0 Å². The Labute approximate surface area is 165 Å². The number of alkyl halides is 3. The van der Waals surface area contributed by atoms with E-state index < -0.39 is 17.6 Å². The summed E-state index contributed by atoms with van der Waals surface area (Å²) in [6.07, 6.45) is -2.87. The Morgan fingerprint density at radius 1 is 1.17 bits per heavy atom. The Morgan fingerprint density at radius 2 is 1.93 bits per heavy atom. The minimum absolute atomic E-state index is 0.0125. The second-order valence-corrected chi connectivity index (χ2v) is 6.96. The largest absolute Gasteiger partial charge is 0.416 e. The number of hydrogen-bond donors (Lipinski definition) is 0. The molecule has 7 nitrogen and oxygen atoms in total. The van der Waals surface area contributed by atoms with Crippen LogP contribution >= 0.6 is 0 Å². The van der Waals surface area contributed by atoms with Crippen molar-refractivity contribution in [1.82, 2.24) is 29.4 Å². The van der Waals surface area contributed by atoms with Crippen LogP contribution in [0.3, 0.4) is 0 Å². The fourth-order valence-corrected chi connectivity index (χ4v) is 2.78. The minimum atomic E-state index is -4.44. The van der Waals surface area contributed by atoms with Crippen molar-refractivity contribution in [3.05, 3.63) is 59.2 Å². The third-order valence-corrected chi connectivity index (χ3v) is 4.35. The number of aromatic nitrogens is 4. The molecule has 10 heteroatoms. The van der Waals surface area contributed by atoms with Gasteiger partial charge in [-0.3, -0.25) is 4.79 Å². The fraction of sp³-hybridized carbons (Fsp3) is 0.368. The minimum Gasteiger partial charge on any atom is -0.330 e. The van der Waals surface area contributed by atoms with E-state index in [0.717, 1.165) is 17.8 Å². The number of nitrogens with zero attached hydrogens (tertiary/aromatic N) is 6. The summed E-state index contributed by atoms with van der Waals surface area (Å²) in [6, 6.07) is 6.70. The summed E-state index contributed by atoms with van der Waals surface area (Å²) in [5, 5.41) is 4.22. The van der Waals surface area contributed by atoms with E-state index in [4.69, 9.17) is 0 Å². The van der Waals surface area contributed by atoms with Gasteiger partial charge in [-0.25, -0.2) is 9.50 Å². The van der Waals surface area contributed by atoms with Crippen LogP contribution in [0.1, 0.15) is 27.4 Å². The molecule has 0 radical (unpaired) electrons. The molecule has 3 aromatic rings. The molecule has 3 rings (SSSR count). The number of benzene rings is 1. The lowest BCUT2D eigenvalue weighted by Gasteiger charge is -2.23. The zero-order chi connectivity index (χ0) is 21.2. The summed E-state index contributed by atoms with van der Waals surface area (Å²) < 4.78 is 40.5. The van der Waals surface area contributed by atoms with Gasteiger partial charge in [0.1, 0.15) is 0 Å². The van der Waals surface area contributed by atoms with E-state index in [1.54, 1.807) is 18.3 Å². The molecule has 2 heterocycles. The Balaban J connectivity index is 1.90. The number of aryl methyl sites for hydroxylation is 1. The maximum Gasteiger partial charge on any atom is 0.416 e. The van der Waals surface area contributed by atoms with Crippen molar-refractivity contribution < 1.29 is 18.0 Å². The summed E-state index contributed by atoms with van der Waals surface area (Å²) in [5.41, 5.74) is 0.393. The number of rotatable bonds is 6. The van der Waals surface area contributed by atoms with Crippen LogP contribution in [0.15, 0.2) is 36.5 Å². The van der Waals surface area contributed by atoms with E-state index in [1.165, 1.54) is 15.5 Å². The molecule has 2 aromatic heterocycles. The molecule has 0 saturated heterocycles. The Kier molecular flexibility index (Phi) is 5.83. The van der Waals surface area contributed by atoms with Crippen LogP contribution in [0.2, 0.25) is 0 Å². The van der Waals surface area contributed by atoms with Gasteiger partial charge in [0.15, 0.2) is 0 Å². The number of hydrogen-bond acceptors (Lipinski definition) is 5. The van der Waals surface area contributed by atoms with E-state index in [-0.39, 0.29) is 12.4 Å². The number of fused-ring (bicyclic) bond motifs is 1. The first-order valence-electron chi connectivity index (χ1n) is 8.93. The number of amides is 1. The highest BCUT2D eigenvalue weighted by Crippen LogP contribution is 2.29. The molecule has 0 N–H and O–H groups in total. The molecule has 0 saturated carbocycles. The summed E-state index contributed by atoms with van der Waals surface area (Å²) in [6.45, 7) is 2.67. The van der Waals surface area contributed by atoms with Crippen LogP contribution in [0.5, 0.6) is 0 Å². The van der Waals surface area contributed by atoms with E-state index in [2.05, 4.69) is 15.1 Å². The molecular formula is C19H21F3N6O. The molecular weight excluding hydrogens is 385 g/mol. The first-order chi connectivity index (χ1) is 13.6. The van der Waals surface area contributed by atoms with Crippen LogP contribution < -0.4 is 0 Å². The van der Waals surface area contributed by atoms with E-state index in [9.17, 15) is 18.0 Å². The predicted octanol–water partition coefficient (Wildman–Crippen LogP) is 2.66. The first-order valence-corrected chi connectivity index (χ1v) is 8.93. The van der Waals surface area contributed by atoms with Gasteiger partial charge in [-0.15, -0.1) is 5.10 Å².